The molecule has 3 rings (SSSR count). The highest BCUT2D eigenvalue weighted by Gasteiger charge is 2.23. The van der Waals surface area contributed by atoms with Crippen molar-refractivity contribution in [2.45, 2.75) is 25.4 Å². The predicted octanol–water partition coefficient (Wildman–Crippen LogP) is 3.21. The molecule has 0 radical (unpaired) electrons. The van der Waals surface area contributed by atoms with Gasteiger partial charge in [0.05, 0.1) is 4.92 Å². The van der Waals surface area contributed by atoms with Gasteiger partial charge in [-0.2, -0.15) is 0 Å². The summed E-state index contributed by atoms with van der Waals surface area (Å²) in [6.07, 6.45) is 3.22. The zero-order valence-electron chi connectivity index (χ0n) is 13.2. The van der Waals surface area contributed by atoms with E-state index in [2.05, 4.69) is 15.2 Å². The van der Waals surface area contributed by atoms with E-state index in [1.807, 2.05) is 6.07 Å². The molecular formula is C17H19FN4O2. The summed E-state index contributed by atoms with van der Waals surface area (Å²) in [5, 5.41) is 14.2. The Hall–Kier alpha value is -2.54. The van der Waals surface area contributed by atoms with Crippen LogP contribution in [-0.2, 0) is 6.54 Å². The van der Waals surface area contributed by atoms with Gasteiger partial charge in [-0.3, -0.25) is 15.0 Å². The lowest BCUT2D eigenvalue weighted by Gasteiger charge is -2.32. The number of nitrogens with zero attached hydrogens (tertiary/aromatic N) is 3. The summed E-state index contributed by atoms with van der Waals surface area (Å²) in [6, 6.07) is 9.95. The molecule has 0 saturated carbocycles. The van der Waals surface area contributed by atoms with Crippen molar-refractivity contribution in [1.82, 2.24) is 9.88 Å². The molecule has 1 saturated heterocycles. The van der Waals surface area contributed by atoms with Crippen LogP contribution in [0.5, 0.6) is 0 Å². The average Bonchev–Trinajstić information content (AvgIpc) is 2.59. The Morgan fingerprint density at radius 3 is 2.71 bits per heavy atom. The molecular weight excluding hydrogens is 311 g/mol. The van der Waals surface area contributed by atoms with E-state index in [0.29, 0.717) is 17.9 Å². The second-order valence-corrected chi connectivity index (χ2v) is 5.91. The van der Waals surface area contributed by atoms with Gasteiger partial charge in [0.15, 0.2) is 0 Å². The Balaban J connectivity index is 1.56. The second kappa shape index (κ2) is 7.35. The molecule has 126 valence electrons. The monoisotopic (exact) mass is 330 g/mol. The summed E-state index contributed by atoms with van der Waals surface area (Å²) in [5.74, 6) is 0.136. The fourth-order valence-corrected chi connectivity index (χ4v) is 2.95. The van der Waals surface area contributed by atoms with E-state index in [0.717, 1.165) is 25.9 Å². The number of halogens is 1. The third-order valence-electron chi connectivity index (χ3n) is 4.26. The molecule has 1 fully saturated rings. The van der Waals surface area contributed by atoms with E-state index >= 15 is 0 Å². The number of piperidine rings is 1. The normalized spacial score (nSPS) is 16.0. The van der Waals surface area contributed by atoms with E-state index in [1.165, 1.54) is 12.1 Å². The van der Waals surface area contributed by atoms with E-state index in [-0.39, 0.29) is 17.5 Å². The summed E-state index contributed by atoms with van der Waals surface area (Å²) < 4.78 is 13.7. The summed E-state index contributed by atoms with van der Waals surface area (Å²) in [7, 11) is 0. The molecule has 0 atom stereocenters. The van der Waals surface area contributed by atoms with Crippen molar-refractivity contribution in [3.63, 3.8) is 0 Å². The Bertz CT molecular complexity index is 717. The zero-order valence-corrected chi connectivity index (χ0v) is 13.2. The minimum Gasteiger partial charge on any atom is -0.362 e. The van der Waals surface area contributed by atoms with Crippen molar-refractivity contribution < 1.29 is 9.31 Å². The van der Waals surface area contributed by atoms with Crippen LogP contribution in [0.25, 0.3) is 0 Å². The molecule has 0 spiro atoms. The zero-order chi connectivity index (χ0) is 16.9. The Morgan fingerprint density at radius 1 is 1.25 bits per heavy atom. The lowest BCUT2D eigenvalue weighted by molar-refractivity contribution is -0.384. The van der Waals surface area contributed by atoms with Crippen LogP contribution in [0.15, 0.2) is 42.6 Å². The highest BCUT2D eigenvalue weighted by molar-refractivity contribution is 5.55. The first-order chi connectivity index (χ1) is 11.6. The highest BCUT2D eigenvalue weighted by atomic mass is 19.1. The van der Waals surface area contributed by atoms with Crippen molar-refractivity contribution in [2.75, 3.05) is 18.4 Å². The van der Waals surface area contributed by atoms with Gasteiger partial charge in [0, 0.05) is 43.5 Å². The molecule has 0 bridgehead atoms. The molecule has 6 nitrogen and oxygen atoms in total. The number of likely N-dealkylation sites (tertiary alicyclic amines) is 1. The first-order valence-corrected chi connectivity index (χ1v) is 7.95. The molecule has 1 N–H and O–H groups in total. The van der Waals surface area contributed by atoms with Crippen molar-refractivity contribution in [2.24, 2.45) is 0 Å². The molecule has 2 aromatic rings. The second-order valence-electron chi connectivity index (χ2n) is 5.91. The Labute approximate surface area is 139 Å². The fraction of sp³-hybridized carbons (Fsp3) is 0.353. The molecule has 0 unspecified atom stereocenters. The molecule has 7 heteroatoms. The van der Waals surface area contributed by atoms with Crippen molar-refractivity contribution in [1.29, 1.82) is 0 Å². The number of nitrogens with one attached hydrogen (secondary N) is 1. The van der Waals surface area contributed by atoms with Crippen LogP contribution in [0.4, 0.5) is 15.9 Å². The summed E-state index contributed by atoms with van der Waals surface area (Å²) in [5.41, 5.74) is 0.690. The molecule has 0 amide bonds. The smallest absolute Gasteiger partial charge is 0.311 e. The van der Waals surface area contributed by atoms with Crippen LogP contribution in [-0.4, -0.2) is 33.9 Å². The van der Waals surface area contributed by atoms with Crippen LogP contribution in [0.3, 0.4) is 0 Å². The maximum absolute atomic E-state index is 13.7. The topological polar surface area (TPSA) is 71.3 Å². The number of benzene rings is 1. The van der Waals surface area contributed by atoms with Crippen molar-refractivity contribution in [3.8, 4) is 0 Å². The Kier molecular flexibility index (Phi) is 5.00. The number of aromatic nitrogens is 1. The standard InChI is InChI=1S/C17H19FN4O2/c18-15-5-2-1-4-13(15)12-21-10-7-14(8-11-21)20-17-16(22(23)24)6-3-9-19-17/h1-6,9,14H,7-8,10-12H2,(H,19,20). The third-order valence-corrected chi connectivity index (χ3v) is 4.26. The first kappa shape index (κ1) is 16.3. The SMILES string of the molecule is O=[N+]([O-])c1cccnc1NC1CCN(Cc2ccccc2F)CC1. The van der Waals surface area contributed by atoms with Gasteiger partial charge in [-0.25, -0.2) is 9.37 Å². The quantitative estimate of drug-likeness (QED) is 0.673. The number of hydrogen-bond acceptors (Lipinski definition) is 5. The number of anilines is 1. The predicted molar refractivity (Wildman–Crippen MR) is 89.2 cm³/mol. The molecule has 1 aromatic heterocycles. The number of hydrogen-bond donors (Lipinski definition) is 1. The van der Waals surface area contributed by atoms with Gasteiger partial charge in [-0.1, -0.05) is 18.2 Å². The summed E-state index contributed by atoms with van der Waals surface area (Å²) in [4.78, 5) is 16.9. The van der Waals surface area contributed by atoms with Crippen LogP contribution in [0.2, 0.25) is 0 Å². The molecule has 1 aliphatic rings. The van der Waals surface area contributed by atoms with Crippen LogP contribution in [0.1, 0.15) is 18.4 Å². The van der Waals surface area contributed by atoms with E-state index in [4.69, 9.17) is 0 Å². The molecule has 1 aromatic carbocycles. The minimum absolute atomic E-state index is 0.00807. The molecule has 24 heavy (non-hydrogen) atoms. The number of nitro groups is 1. The van der Waals surface area contributed by atoms with Gasteiger partial charge < -0.3 is 5.32 Å². The van der Waals surface area contributed by atoms with Gasteiger partial charge in [0.2, 0.25) is 5.82 Å². The maximum atomic E-state index is 13.7. The highest BCUT2D eigenvalue weighted by Crippen LogP contribution is 2.24. The van der Waals surface area contributed by atoms with E-state index in [9.17, 15) is 14.5 Å². The summed E-state index contributed by atoms with van der Waals surface area (Å²) in [6.45, 7) is 2.21. The lowest BCUT2D eigenvalue weighted by atomic mass is 10.0. The maximum Gasteiger partial charge on any atom is 0.311 e. The van der Waals surface area contributed by atoms with E-state index in [1.54, 1.807) is 24.4 Å². The van der Waals surface area contributed by atoms with Crippen LogP contribution in [0, 0.1) is 15.9 Å². The number of rotatable bonds is 5. The largest absolute Gasteiger partial charge is 0.362 e. The lowest BCUT2D eigenvalue weighted by Crippen LogP contribution is -2.39. The third kappa shape index (κ3) is 3.86. The van der Waals surface area contributed by atoms with Crippen LogP contribution >= 0.6 is 0 Å². The Morgan fingerprint density at radius 2 is 2.00 bits per heavy atom. The van der Waals surface area contributed by atoms with Crippen molar-refractivity contribution >= 4 is 11.5 Å². The van der Waals surface area contributed by atoms with Gasteiger partial charge in [0.1, 0.15) is 5.82 Å². The molecule has 2 heterocycles. The molecule has 0 aliphatic carbocycles. The van der Waals surface area contributed by atoms with Gasteiger partial charge >= 0.3 is 5.69 Å². The summed E-state index contributed by atoms with van der Waals surface area (Å²) >= 11 is 0. The van der Waals surface area contributed by atoms with Gasteiger partial charge in [-0.15, -0.1) is 0 Å². The molecule has 1 aliphatic heterocycles. The van der Waals surface area contributed by atoms with E-state index < -0.39 is 4.92 Å². The van der Waals surface area contributed by atoms with Gasteiger partial charge in [0.25, 0.3) is 0 Å². The minimum atomic E-state index is -0.428. The fourth-order valence-electron chi connectivity index (χ4n) is 2.95. The first-order valence-electron chi connectivity index (χ1n) is 7.95. The van der Waals surface area contributed by atoms with Gasteiger partial charge in [-0.05, 0) is 25.0 Å². The average molecular weight is 330 g/mol. The number of pyridine rings is 1. The van der Waals surface area contributed by atoms with Crippen LogP contribution < -0.4 is 5.32 Å². The van der Waals surface area contributed by atoms with Crippen molar-refractivity contribution in [3.05, 3.63) is 64.1 Å².